The Hall–Kier alpha value is -1.85. The number of allylic oxidation sites excluding steroid dienone is 2. The number of cyclic esters (lactones) is 1. The normalized spacial score (nSPS) is 16.7. The van der Waals surface area contributed by atoms with Crippen LogP contribution in [0, 0.1) is 0 Å². The Kier molecular flexibility index (Phi) is 13.1. The highest BCUT2D eigenvalue weighted by Gasteiger charge is 2.41. The van der Waals surface area contributed by atoms with Crippen molar-refractivity contribution in [3.05, 3.63) is 12.2 Å². The smallest absolute Gasteiger partial charge is 0.417 e. The first kappa shape index (κ1) is 24.2. The molecule has 1 saturated heterocycles. The summed E-state index contributed by atoms with van der Waals surface area (Å²) in [7, 11) is 0. The molecule has 1 rings (SSSR count). The van der Waals surface area contributed by atoms with Crippen molar-refractivity contribution in [2.75, 3.05) is 6.61 Å². The molecule has 1 N–H and O–H groups in total. The molecule has 2 amide bonds. The van der Waals surface area contributed by atoms with E-state index in [1.807, 2.05) is 0 Å². The molecule has 0 spiro atoms. The van der Waals surface area contributed by atoms with Crippen LogP contribution >= 0.6 is 0 Å². The molecule has 0 saturated carbocycles. The lowest BCUT2D eigenvalue weighted by Crippen LogP contribution is -2.43. The number of hydrogen-bond donors (Lipinski definition) is 1. The number of amides is 2. The standard InChI is InChI=1S/C22H37NO5/c1-2-3-4-5-6-7-8-9-10-11-12-13-14-15-16-17-20(24)23-19(21(25)26)18-28-22(23)27/h9-10,19H,2-8,11-18H2,1H3,(H,25,26)/b10-9-/t19-/m1/s1. The monoisotopic (exact) mass is 395 g/mol. The van der Waals surface area contributed by atoms with E-state index in [0.717, 1.165) is 37.0 Å². The zero-order valence-corrected chi connectivity index (χ0v) is 17.4. The van der Waals surface area contributed by atoms with Gasteiger partial charge < -0.3 is 9.84 Å². The molecule has 0 aromatic carbocycles. The number of nitrogens with zero attached hydrogens (tertiary/aromatic N) is 1. The highest BCUT2D eigenvalue weighted by atomic mass is 16.6. The molecule has 0 unspecified atom stereocenters. The number of ether oxygens (including phenoxy) is 1. The number of rotatable bonds is 16. The molecule has 6 nitrogen and oxygen atoms in total. The molecule has 0 radical (unpaired) electrons. The summed E-state index contributed by atoms with van der Waals surface area (Å²) < 4.78 is 4.67. The summed E-state index contributed by atoms with van der Waals surface area (Å²) in [5, 5.41) is 9.02. The van der Waals surface area contributed by atoms with Crippen molar-refractivity contribution in [1.29, 1.82) is 0 Å². The van der Waals surface area contributed by atoms with Crippen LogP contribution in [-0.2, 0) is 14.3 Å². The molecule has 0 aromatic heterocycles. The predicted molar refractivity (Wildman–Crippen MR) is 109 cm³/mol. The van der Waals surface area contributed by atoms with Crippen LogP contribution in [0.2, 0.25) is 0 Å². The summed E-state index contributed by atoms with van der Waals surface area (Å²) in [6.45, 7) is 1.98. The molecule has 0 aliphatic carbocycles. The first-order valence-electron chi connectivity index (χ1n) is 10.9. The third-order valence-electron chi connectivity index (χ3n) is 5.08. The molecule has 160 valence electrons. The molecule has 6 heteroatoms. The molecule has 1 atom stereocenters. The summed E-state index contributed by atoms with van der Waals surface area (Å²) in [6.07, 6.45) is 19.1. The van der Waals surface area contributed by atoms with Gasteiger partial charge in [-0.3, -0.25) is 4.79 Å². The minimum Gasteiger partial charge on any atom is -0.480 e. The van der Waals surface area contributed by atoms with Crippen LogP contribution < -0.4 is 0 Å². The number of carbonyl (C=O) groups excluding carboxylic acids is 2. The topological polar surface area (TPSA) is 83.9 Å². The SMILES string of the molecule is CCCCCCCC/C=C\CCCCCCCC(=O)N1C(=O)OC[C@@H]1C(=O)O. The van der Waals surface area contributed by atoms with Crippen molar-refractivity contribution >= 4 is 18.0 Å². The molecule has 1 aliphatic rings. The van der Waals surface area contributed by atoms with Crippen LogP contribution in [-0.4, -0.2) is 40.6 Å². The van der Waals surface area contributed by atoms with E-state index in [4.69, 9.17) is 5.11 Å². The Balaban J connectivity index is 1.96. The second-order valence-corrected chi connectivity index (χ2v) is 7.53. The molecular weight excluding hydrogens is 358 g/mol. The van der Waals surface area contributed by atoms with Crippen LogP contribution in [0.1, 0.15) is 96.8 Å². The fraction of sp³-hybridized carbons (Fsp3) is 0.773. The fourth-order valence-electron chi connectivity index (χ4n) is 3.35. The van der Waals surface area contributed by atoms with Gasteiger partial charge in [0.15, 0.2) is 6.04 Å². The summed E-state index contributed by atoms with van der Waals surface area (Å²) in [4.78, 5) is 35.4. The van der Waals surface area contributed by atoms with Gasteiger partial charge in [-0.2, -0.15) is 0 Å². The van der Waals surface area contributed by atoms with Crippen molar-refractivity contribution in [2.24, 2.45) is 0 Å². The molecule has 0 aromatic rings. The van der Waals surface area contributed by atoms with Gasteiger partial charge in [0.1, 0.15) is 6.61 Å². The van der Waals surface area contributed by atoms with Crippen LogP contribution in [0.3, 0.4) is 0 Å². The third-order valence-corrected chi connectivity index (χ3v) is 5.08. The van der Waals surface area contributed by atoms with Crippen molar-refractivity contribution in [3.63, 3.8) is 0 Å². The zero-order chi connectivity index (χ0) is 20.6. The number of carboxylic acids is 1. The number of carbonyl (C=O) groups is 3. The lowest BCUT2D eigenvalue weighted by Gasteiger charge is -2.15. The lowest BCUT2D eigenvalue weighted by atomic mass is 10.1. The molecule has 0 bridgehead atoms. The number of hydrogen-bond acceptors (Lipinski definition) is 4. The van der Waals surface area contributed by atoms with Gasteiger partial charge in [-0.05, 0) is 32.1 Å². The molecule has 1 heterocycles. The maximum atomic E-state index is 12.1. The molecule has 28 heavy (non-hydrogen) atoms. The van der Waals surface area contributed by atoms with Crippen LogP contribution in [0.15, 0.2) is 12.2 Å². The van der Waals surface area contributed by atoms with E-state index < -0.39 is 24.0 Å². The molecule has 1 aliphatic heterocycles. The second kappa shape index (κ2) is 15.1. The van der Waals surface area contributed by atoms with Crippen LogP contribution in [0.5, 0.6) is 0 Å². The summed E-state index contributed by atoms with van der Waals surface area (Å²) in [5.74, 6) is -1.66. The van der Waals surface area contributed by atoms with Gasteiger partial charge in [-0.15, -0.1) is 0 Å². The maximum absolute atomic E-state index is 12.1. The summed E-state index contributed by atoms with van der Waals surface area (Å²) in [5.41, 5.74) is 0. The highest BCUT2D eigenvalue weighted by molar-refractivity contribution is 5.98. The fourth-order valence-corrected chi connectivity index (χ4v) is 3.35. The van der Waals surface area contributed by atoms with E-state index in [-0.39, 0.29) is 13.0 Å². The zero-order valence-electron chi connectivity index (χ0n) is 17.4. The van der Waals surface area contributed by atoms with E-state index in [1.54, 1.807) is 0 Å². The number of unbranched alkanes of at least 4 members (excludes halogenated alkanes) is 11. The predicted octanol–water partition coefficient (Wildman–Crippen LogP) is 5.46. The van der Waals surface area contributed by atoms with E-state index in [9.17, 15) is 14.4 Å². The van der Waals surface area contributed by atoms with Crippen molar-refractivity contribution in [2.45, 2.75) is 103 Å². The Labute approximate surface area is 169 Å². The maximum Gasteiger partial charge on any atom is 0.417 e. The van der Waals surface area contributed by atoms with Gasteiger partial charge in [-0.25, -0.2) is 14.5 Å². The first-order chi connectivity index (χ1) is 13.6. The van der Waals surface area contributed by atoms with Gasteiger partial charge in [0, 0.05) is 6.42 Å². The number of carboxylic acid groups (broad SMARTS) is 1. The van der Waals surface area contributed by atoms with Crippen molar-refractivity contribution in [1.82, 2.24) is 4.90 Å². The number of imide groups is 1. The second-order valence-electron chi connectivity index (χ2n) is 7.53. The average molecular weight is 396 g/mol. The minimum absolute atomic E-state index is 0.192. The first-order valence-corrected chi connectivity index (χ1v) is 10.9. The molecular formula is C22H37NO5. The van der Waals surface area contributed by atoms with Crippen molar-refractivity contribution < 1.29 is 24.2 Å². The molecule has 1 fully saturated rings. The van der Waals surface area contributed by atoms with Gasteiger partial charge in [0.2, 0.25) is 5.91 Å². The summed E-state index contributed by atoms with van der Waals surface area (Å²) in [6, 6.07) is -1.18. The van der Waals surface area contributed by atoms with E-state index in [2.05, 4.69) is 23.8 Å². The van der Waals surface area contributed by atoms with Crippen LogP contribution in [0.25, 0.3) is 0 Å². The van der Waals surface area contributed by atoms with Gasteiger partial charge in [0.25, 0.3) is 0 Å². The van der Waals surface area contributed by atoms with E-state index >= 15 is 0 Å². The highest BCUT2D eigenvalue weighted by Crippen LogP contribution is 2.16. The van der Waals surface area contributed by atoms with Gasteiger partial charge in [0.05, 0.1) is 0 Å². The number of aliphatic carboxylic acids is 1. The lowest BCUT2D eigenvalue weighted by molar-refractivity contribution is -0.146. The largest absolute Gasteiger partial charge is 0.480 e. The van der Waals surface area contributed by atoms with Gasteiger partial charge >= 0.3 is 12.1 Å². The Bertz CT molecular complexity index is 503. The average Bonchev–Trinajstić information content (AvgIpc) is 3.06. The van der Waals surface area contributed by atoms with Crippen molar-refractivity contribution in [3.8, 4) is 0 Å². The summed E-state index contributed by atoms with van der Waals surface area (Å²) >= 11 is 0. The van der Waals surface area contributed by atoms with E-state index in [0.29, 0.717) is 6.42 Å². The Morgan fingerprint density at radius 3 is 2.07 bits per heavy atom. The minimum atomic E-state index is -1.20. The Morgan fingerprint density at radius 1 is 0.964 bits per heavy atom. The quantitative estimate of drug-likeness (QED) is 0.277. The van der Waals surface area contributed by atoms with E-state index in [1.165, 1.54) is 44.9 Å². The van der Waals surface area contributed by atoms with Crippen LogP contribution in [0.4, 0.5) is 4.79 Å². The Morgan fingerprint density at radius 2 is 1.50 bits per heavy atom. The third kappa shape index (κ3) is 9.90. The van der Waals surface area contributed by atoms with Gasteiger partial charge in [-0.1, -0.05) is 70.4 Å².